The normalized spacial score (nSPS) is 21.1. The van der Waals surface area contributed by atoms with Crippen LogP contribution in [0.15, 0.2) is 18.6 Å². The molecule has 1 fully saturated rings. The fourth-order valence-corrected chi connectivity index (χ4v) is 2.97. The van der Waals surface area contributed by atoms with Crippen LogP contribution in [-0.2, 0) is 18.3 Å². The molecule has 2 unspecified atom stereocenters. The van der Waals surface area contributed by atoms with Crippen LogP contribution in [0.4, 0.5) is 5.69 Å². The maximum Gasteiger partial charge on any atom is 0.251 e. The molecule has 0 radical (unpaired) electrons. The van der Waals surface area contributed by atoms with E-state index < -0.39 is 5.60 Å². The molecule has 1 amide bonds. The lowest BCUT2D eigenvalue weighted by molar-refractivity contribution is -0.123. The van der Waals surface area contributed by atoms with Crippen LogP contribution in [0.3, 0.4) is 0 Å². The summed E-state index contributed by atoms with van der Waals surface area (Å²) in [5.74, 6) is 0.00736. The molecule has 1 saturated heterocycles. The van der Waals surface area contributed by atoms with E-state index in [-0.39, 0.29) is 11.9 Å². The maximum absolute atomic E-state index is 12.8. The van der Waals surface area contributed by atoms with E-state index in [0.717, 1.165) is 18.5 Å². The summed E-state index contributed by atoms with van der Waals surface area (Å²) in [5, 5.41) is 22.6. The zero-order valence-electron chi connectivity index (χ0n) is 14.4. The molecule has 0 aliphatic carbocycles. The van der Waals surface area contributed by atoms with Crippen LogP contribution >= 0.6 is 0 Å². The summed E-state index contributed by atoms with van der Waals surface area (Å²) in [4.78, 5) is 14.6. The number of rotatable bonds is 5. The summed E-state index contributed by atoms with van der Waals surface area (Å²) < 4.78 is 3.32. The molecule has 1 aliphatic heterocycles. The molecule has 8 heteroatoms. The number of piperidine rings is 1. The summed E-state index contributed by atoms with van der Waals surface area (Å²) in [7, 11) is 1.83. The minimum absolute atomic E-state index is 0.00736. The van der Waals surface area contributed by atoms with Crippen LogP contribution in [-0.4, -0.2) is 47.9 Å². The Morgan fingerprint density at radius 1 is 1.42 bits per heavy atom. The van der Waals surface area contributed by atoms with Gasteiger partial charge < -0.3 is 10.0 Å². The molecule has 3 heterocycles. The Labute approximate surface area is 141 Å². The summed E-state index contributed by atoms with van der Waals surface area (Å²) in [6, 6.07) is -0.355. The minimum atomic E-state index is -0.806. The highest BCUT2D eigenvalue weighted by Crippen LogP contribution is 2.27. The molecular weight excluding hydrogens is 308 g/mol. The van der Waals surface area contributed by atoms with E-state index >= 15 is 0 Å². The quantitative estimate of drug-likeness (QED) is 0.885. The van der Waals surface area contributed by atoms with Crippen LogP contribution in [0.25, 0.3) is 0 Å². The third-order valence-electron chi connectivity index (χ3n) is 4.61. The van der Waals surface area contributed by atoms with E-state index in [2.05, 4.69) is 15.4 Å². The van der Waals surface area contributed by atoms with Crippen molar-refractivity contribution < 1.29 is 9.90 Å². The van der Waals surface area contributed by atoms with Gasteiger partial charge in [-0.05, 0) is 26.2 Å². The topological polar surface area (TPSA) is 89.1 Å². The molecule has 130 valence electrons. The van der Waals surface area contributed by atoms with Gasteiger partial charge in [-0.15, -0.1) is 5.10 Å². The number of anilines is 1. The van der Waals surface area contributed by atoms with Crippen molar-refractivity contribution in [1.29, 1.82) is 0 Å². The zero-order chi connectivity index (χ0) is 17.3. The number of hydrogen-bond acceptors (Lipinski definition) is 5. The lowest BCUT2D eigenvalue weighted by atomic mass is 9.98. The number of carbonyl (C=O) groups is 1. The van der Waals surface area contributed by atoms with Gasteiger partial charge in [0, 0.05) is 32.4 Å². The molecule has 0 bridgehead atoms. The Hall–Kier alpha value is -2.22. The van der Waals surface area contributed by atoms with Crippen LogP contribution < -0.4 is 4.90 Å². The summed E-state index contributed by atoms with van der Waals surface area (Å²) >= 11 is 0. The lowest BCUT2D eigenvalue weighted by Crippen LogP contribution is -2.42. The molecule has 1 aliphatic rings. The fraction of sp³-hybridized carbons (Fsp3) is 0.625. The summed E-state index contributed by atoms with van der Waals surface area (Å²) in [6.07, 6.45) is 8.01. The van der Waals surface area contributed by atoms with Crippen molar-refractivity contribution >= 4 is 11.6 Å². The Kier molecular flexibility index (Phi) is 4.40. The van der Waals surface area contributed by atoms with Gasteiger partial charge in [0.05, 0.1) is 23.2 Å². The van der Waals surface area contributed by atoms with E-state index in [1.165, 1.54) is 0 Å². The number of aryl methyl sites for hydroxylation is 1. The maximum atomic E-state index is 12.8. The molecule has 2 atom stereocenters. The Morgan fingerprint density at radius 3 is 2.88 bits per heavy atom. The highest BCUT2D eigenvalue weighted by molar-refractivity contribution is 5.96. The predicted octanol–water partition coefficient (Wildman–Crippen LogP) is 1.08. The Balaban J connectivity index is 1.77. The SMILES string of the molecule is CCC(C)(O)Cc1cn(C2CCCN(c3cnn(C)c3)C2=O)nn1. The van der Waals surface area contributed by atoms with Gasteiger partial charge in [0.15, 0.2) is 0 Å². The van der Waals surface area contributed by atoms with Crippen molar-refractivity contribution in [2.45, 2.75) is 51.2 Å². The van der Waals surface area contributed by atoms with Crippen molar-refractivity contribution in [3.63, 3.8) is 0 Å². The minimum Gasteiger partial charge on any atom is -0.390 e. The van der Waals surface area contributed by atoms with Gasteiger partial charge in [0.2, 0.25) is 0 Å². The molecule has 24 heavy (non-hydrogen) atoms. The molecule has 8 nitrogen and oxygen atoms in total. The highest BCUT2D eigenvalue weighted by atomic mass is 16.3. The molecule has 1 N–H and O–H groups in total. The molecule has 0 aromatic carbocycles. The van der Waals surface area contributed by atoms with E-state index in [1.807, 2.05) is 20.2 Å². The molecule has 2 aromatic rings. The van der Waals surface area contributed by atoms with Crippen molar-refractivity contribution in [3.05, 3.63) is 24.3 Å². The standard InChI is InChI=1S/C16H24N6O2/c1-4-16(2,24)8-12-10-22(19-18-12)14-6-5-7-21(15(14)23)13-9-17-20(3)11-13/h9-11,14,24H,4-8H2,1-3H3. The molecule has 3 rings (SSSR count). The second-order valence-electron chi connectivity index (χ2n) is 6.74. The van der Waals surface area contributed by atoms with Gasteiger partial charge in [-0.25, -0.2) is 4.68 Å². The average Bonchev–Trinajstić information content (AvgIpc) is 3.16. The molecule has 2 aromatic heterocycles. The van der Waals surface area contributed by atoms with E-state index in [1.54, 1.807) is 33.6 Å². The van der Waals surface area contributed by atoms with E-state index in [4.69, 9.17) is 0 Å². The molecule has 0 saturated carbocycles. The highest BCUT2D eigenvalue weighted by Gasteiger charge is 2.32. The van der Waals surface area contributed by atoms with Crippen LogP contribution in [0, 0.1) is 0 Å². The second-order valence-corrected chi connectivity index (χ2v) is 6.74. The lowest BCUT2D eigenvalue weighted by Gasteiger charge is -2.31. The first-order valence-corrected chi connectivity index (χ1v) is 8.33. The largest absolute Gasteiger partial charge is 0.390 e. The molecular formula is C16H24N6O2. The van der Waals surface area contributed by atoms with Crippen molar-refractivity contribution in [2.75, 3.05) is 11.4 Å². The number of nitrogens with zero attached hydrogens (tertiary/aromatic N) is 6. The van der Waals surface area contributed by atoms with E-state index in [0.29, 0.717) is 25.1 Å². The van der Waals surface area contributed by atoms with Crippen LogP contribution in [0.2, 0.25) is 0 Å². The first-order valence-electron chi connectivity index (χ1n) is 8.33. The van der Waals surface area contributed by atoms with Gasteiger partial charge in [-0.3, -0.25) is 9.48 Å². The predicted molar refractivity (Wildman–Crippen MR) is 88.5 cm³/mol. The first kappa shape index (κ1) is 16.6. The van der Waals surface area contributed by atoms with Crippen molar-refractivity contribution in [2.24, 2.45) is 7.05 Å². The Morgan fingerprint density at radius 2 is 2.21 bits per heavy atom. The number of hydrogen-bond donors (Lipinski definition) is 1. The van der Waals surface area contributed by atoms with Gasteiger partial charge in [-0.1, -0.05) is 12.1 Å². The average molecular weight is 332 g/mol. The number of aromatic nitrogens is 5. The third-order valence-corrected chi connectivity index (χ3v) is 4.61. The summed E-state index contributed by atoms with van der Waals surface area (Å²) in [5.41, 5.74) is 0.703. The van der Waals surface area contributed by atoms with Gasteiger partial charge in [0.1, 0.15) is 6.04 Å². The smallest absolute Gasteiger partial charge is 0.251 e. The van der Waals surface area contributed by atoms with Crippen LogP contribution in [0.1, 0.15) is 44.8 Å². The van der Waals surface area contributed by atoms with E-state index in [9.17, 15) is 9.90 Å². The van der Waals surface area contributed by atoms with Gasteiger partial charge >= 0.3 is 0 Å². The third kappa shape index (κ3) is 3.33. The van der Waals surface area contributed by atoms with Crippen molar-refractivity contribution in [1.82, 2.24) is 24.8 Å². The molecule has 0 spiro atoms. The monoisotopic (exact) mass is 332 g/mol. The summed E-state index contributed by atoms with van der Waals surface area (Å²) in [6.45, 7) is 4.40. The Bertz CT molecular complexity index is 720. The fourth-order valence-electron chi connectivity index (χ4n) is 2.97. The van der Waals surface area contributed by atoms with Crippen LogP contribution in [0.5, 0.6) is 0 Å². The number of amides is 1. The van der Waals surface area contributed by atoms with Crippen molar-refractivity contribution in [3.8, 4) is 0 Å². The van der Waals surface area contributed by atoms with Gasteiger partial charge in [-0.2, -0.15) is 5.10 Å². The first-order chi connectivity index (χ1) is 11.4. The number of aliphatic hydroxyl groups is 1. The second kappa shape index (κ2) is 6.35. The number of carbonyl (C=O) groups excluding carboxylic acids is 1. The zero-order valence-corrected chi connectivity index (χ0v) is 14.4. The van der Waals surface area contributed by atoms with Gasteiger partial charge in [0.25, 0.3) is 5.91 Å².